The number of benzene rings is 1. The van der Waals surface area contributed by atoms with E-state index >= 15 is 0 Å². The van der Waals surface area contributed by atoms with E-state index in [4.69, 9.17) is 0 Å². The summed E-state index contributed by atoms with van der Waals surface area (Å²) < 4.78 is 0. The molecule has 0 aliphatic heterocycles. The van der Waals surface area contributed by atoms with Crippen LogP contribution in [0.15, 0.2) is 59.4 Å². The van der Waals surface area contributed by atoms with Crippen LogP contribution in [0.25, 0.3) is 0 Å². The fourth-order valence-electron chi connectivity index (χ4n) is 3.08. The molecule has 0 fully saturated rings. The maximum Gasteiger partial charge on any atom is 0.246 e. The van der Waals surface area contributed by atoms with E-state index in [9.17, 15) is 14.7 Å². The Balaban J connectivity index is 0.00000529. The van der Waals surface area contributed by atoms with Gasteiger partial charge < -0.3 is 15.7 Å². The number of nitrogens with zero attached hydrogens (tertiary/aromatic N) is 2. The highest BCUT2D eigenvalue weighted by molar-refractivity contribution is 5.85. The van der Waals surface area contributed by atoms with Crippen LogP contribution in [0, 0.1) is 0 Å². The molecule has 1 rings (SSSR count). The van der Waals surface area contributed by atoms with Crippen LogP contribution >= 0.6 is 0 Å². The average Bonchev–Trinajstić information content (AvgIpc) is 2.84. The van der Waals surface area contributed by atoms with E-state index in [1.165, 1.54) is 6.92 Å². The van der Waals surface area contributed by atoms with E-state index in [2.05, 4.69) is 22.7 Å². The normalized spacial score (nSPS) is 14.3. The predicted octanol–water partition coefficient (Wildman–Crippen LogP) is 4.71. The second-order valence-electron chi connectivity index (χ2n) is 7.77. The Kier molecular flexibility index (Phi) is 17.1. The minimum absolute atomic E-state index is 0.0682. The van der Waals surface area contributed by atoms with Crippen molar-refractivity contribution in [1.82, 2.24) is 15.6 Å². The van der Waals surface area contributed by atoms with Crippen molar-refractivity contribution >= 4 is 18.0 Å². The highest BCUT2D eigenvalue weighted by atomic mass is 16.3. The second kappa shape index (κ2) is 18.6. The number of aliphatic hydroxyl groups excluding tert-OH is 1. The third-order valence-corrected chi connectivity index (χ3v) is 4.88. The first kappa shape index (κ1) is 31.2. The maximum atomic E-state index is 12.2. The monoisotopic (exact) mass is 472 g/mol. The van der Waals surface area contributed by atoms with Crippen molar-refractivity contribution in [3.8, 4) is 0 Å². The molecule has 0 saturated heterocycles. The molecular formula is C27H44N4O3. The van der Waals surface area contributed by atoms with E-state index in [1.54, 1.807) is 6.21 Å². The predicted molar refractivity (Wildman–Crippen MR) is 141 cm³/mol. The van der Waals surface area contributed by atoms with Gasteiger partial charge in [-0.25, -0.2) is 5.01 Å². The summed E-state index contributed by atoms with van der Waals surface area (Å²) in [6.07, 6.45) is 9.10. The molecule has 2 amide bonds. The third-order valence-electron chi connectivity index (χ3n) is 4.88. The molecule has 0 radical (unpaired) electrons. The summed E-state index contributed by atoms with van der Waals surface area (Å²) in [6.45, 7) is 13.1. The van der Waals surface area contributed by atoms with E-state index < -0.39 is 6.10 Å². The minimum Gasteiger partial charge on any atom is -0.387 e. The van der Waals surface area contributed by atoms with Gasteiger partial charge in [0.2, 0.25) is 11.8 Å². The van der Waals surface area contributed by atoms with Gasteiger partial charge in [0.1, 0.15) is 6.54 Å². The zero-order chi connectivity index (χ0) is 25.9. The SMILES string of the molecule is C/C=C(\C=C/CC[C@H](C)N[C@H](C)[C@H](O)c1ccccc1)NC(=O)CN(/N=C\CC)C(C)=O.CC. The Hall–Kier alpha value is -2.77. The Morgan fingerprint density at radius 1 is 1.18 bits per heavy atom. The molecule has 34 heavy (non-hydrogen) atoms. The lowest BCUT2D eigenvalue weighted by Crippen LogP contribution is -2.38. The quantitative estimate of drug-likeness (QED) is 0.220. The summed E-state index contributed by atoms with van der Waals surface area (Å²) in [7, 11) is 0. The lowest BCUT2D eigenvalue weighted by Gasteiger charge is -2.24. The van der Waals surface area contributed by atoms with Crippen molar-refractivity contribution in [3.63, 3.8) is 0 Å². The largest absolute Gasteiger partial charge is 0.387 e. The molecular weight excluding hydrogens is 428 g/mol. The lowest BCUT2D eigenvalue weighted by atomic mass is 10.0. The number of hydrogen-bond acceptors (Lipinski definition) is 5. The van der Waals surface area contributed by atoms with Gasteiger partial charge in [-0.3, -0.25) is 9.59 Å². The topological polar surface area (TPSA) is 94.0 Å². The second-order valence-corrected chi connectivity index (χ2v) is 7.77. The number of carbonyl (C=O) groups excluding carboxylic acids is 2. The van der Waals surface area contributed by atoms with Crippen molar-refractivity contribution in [3.05, 3.63) is 59.8 Å². The lowest BCUT2D eigenvalue weighted by molar-refractivity contribution is -0.134. The molecule has 1 aromatic rings. The molecule has 7 nitrogen and oxygen atoms in total. The summed E-state index contributed by atoms with van der Waals surface area (Å²) in [6, 6.07) is 9.79. The molecule has 0 spiro atoms. The van der Waals surface area contributed by atoms with E-state index in [0.29, 0.717) is 12.1 Å². The minimum atomic E-state index is -0.560. The fraction of sp³-hybridized carbons (Fsp3) is 0.519. The van der Waals surface area contributed by atoms with Crippen molar-refractivity contribution in [2.75, 3.05) is 6.54 Å². The van der Waals surface area contributed by atoms with Gasteiger partial charge in [-0.15, -0.1) is 0 Å². The van der Waals surface area contributed by atoms with Crippen molar-refractivity contribution in [1.29, 1.82) is 0 Å². The molecule has 0 aliphatic rings. The van der Waals surface area contributed by atoms with Crippen molar-refractivity contribution < 1.29 is 14.7 Å². The third kappa shape index (κ3) is 13.1. The maximum absolute atomic E-state index is 12.2. The van der Waals surface area contributed by atoms with Crippen molar-refractivity contribution in [2.24, 2.45) is 5.10 Å². The number of carbonyl (C=O) groups is 2. The van der Waals surface area contributed by atoms with Gasteiger partial charge in [0.25, 0.3) is 0 Å². The zero-order valence-electron chi connectivity index (χ0n) is 21.9. The van der Waals surface area contributed by atoms with Gasteiger partial charge in [-0.1, -0.05) is 63.3 Å². The summed E-state index contributed by atoms with van der Waals surface area (Å²) in [5.74, 6) is -0.583. The number of nitrogens with one attached hydrogen (secondary N) is 2. The van der Waals surface area contributed by atoms with E-state index in [1.807, 2.05) is 83.2 Å². The standard InChI is InChI=1S/C25H38N4O3.C2H6/c1-6-17-26-29(21(5)30)18-24(31)28-23(7-2)16-12-11-13-19(3)27-20(4)25(32)22-14-9-8-10-15-22;1-2/h7-10,12,14-17,19-20,25,27,32H,6,11,13,18H2,1-5H3,(H,28,31);1-2H3/b16-12-,23-7+,26-17-;/t19-,20+,25-;/m0./s1. The first-order chi connectivity index (χ1) is 16.3. The highest BCUT2D eigenvalue weighted by Gasteiger charge is 2.17. The van der Waals surface area contributed by atoms with E-state index in [0.717, 1.165) is 23.4 Å². The van der Waals surface area contributed by atoms with Gasteiger partial charge in [0.05, 0.1) is 6.10 Å². The van der Waals surface area contributed by atoms with Crippen LogP contribution in [-0.4, -0.2) is 46.8 Å². The number of allylic oxidation sites excluding steroid dienone is 3. The molecule has 3 N–H and O–H groups in total. The molecule has 0 heterocycles. The Bertz CT molecular complexity index is 790. The van der Waals surface area contributed by atoms with Gasteiger partial charge in [0.15, 0.2) is 0 Å². The molecule has 0 aromatic heterocycles. The Morgan fingerprint density at radius 2 is 1.82 bits per heavy atom. The van der Waals surface area contributed by atoms with Crippen LogP contribution in [0.2, 0.25) is 0 Å². The molecule has 190 valence electrons. The first-order valence-corrected chi connectivity index (χ1v) is 12.2. The van der Waals surface area contributed by atoms with Crippen LogP contribution in [0.4, 0.5) is 0 Å². The number of amides is 2. The summed E-state index contributed by atoms with van der Waals surface area (Å²) in [5, 5.41) is 21.9. The molecule has 0 unspecified atom stereocenters. The number of hydrazone groups is 1. The highest BCUT2D eigenvalue weighted by Crippen LogP contribution is 2.17. The van der Waals surface area contributed by atoms with Crippen LogP contribution in [0.3, 0.4) is 0 Å². The van der Waals surface area contributed by atoms with Crippen LogP contribution in [-0.2, 0) is 9.59 Å². The summed E-state index contributed by atoms with van der Waals surface area (Å²) in [5.41, 5.74) is 1.57. The first-order valence-electron chi connectivity index (χ1n) is 12.2. The average molecular weight is 473 g/mol. The number of hydrogen-bond donors (Lipinski definition) is 3. The van der Waals surface area contributed by atoms with E-state index in [-0.39, 0.29) is 30.4 Å². The molecule has 1 aromatic carbocycles. The Morgan fingerprint density at radius 3 is 2.38 bits per heavy atom. The van der Waals surface area contributed by atoms with Crippen LogP contribution in [0.5, 0.6) is 0 Å². The van der Waals surface area contributed by atoms with Crippen LogP contribution in [0.1, 0.15) is 79.4 Å². The smallest absolute Gasteiger partial charge is 0.246 e. The number of rotatable bonds is 13. The number of aliphatic hydroxyl groups is 1. The zero-order valence-corrected chi connectivity index (χ0v) is 21.9. The summed E-state index contributed by atoms with van der Waals surface area (Å²) >= 11 is 0. The molecule has 0 saturated carbocycles. The fourth-order valence-corrected chi connectivity index (χ4v) is 3.08. The van der Waals surface area contributed by atoms with Crippen LogP contribution < -0.4 is 10.6 Å². The van der Waals surface area contributed by atoms with Gasteiger partial charge in [0, 0.05) is 30.9 Å². The summed E-state index contributed by atoms with van der Waals surface area (Å²) in [4.78, 5) is 23.8. The van der Waals surface area contributed by atoms with Gasteiger partial charge >= 0.3 is 0 Å². The van der Waals surface area contributed by atoms with Gasteiger partial charge in [-0.2, -0.15) is 5.10 Å². The Labute approximate surface area is 206 Å². The van der Waals surface area contributed by atoms with Crippen molar-refractivity contribution in [2.45, 2.75) is 85.9 Å². The molecule has 0 aliphatic carbocycles. The molecule has 7 heteroatoms. The molecule has 0 bridgehead atoms. The van der Waals surface area contributed by atoms with Gasteiger partial charge in [-0.05, 0) is 51.7 Å². The molecule has 3 atom stereocenters.